The van der Waals surface area contributed by atoms with Gasteiger partial charge in [0.05, 0.1) is 11.6 Å². The Morgan fingerprint density at radius 2 is 1.79 bits per heavy atom. The van der Waals surface area contributed by atoms with Gasteiger partial charge in [-0.3, -0.25) is 14.5 Å². The average Bonchev–Trinajstić information content (AvgIpc) is 3.08. The van der Waals surface area contributed by atoms with E-state index in [-0.39, 0.29) is 29.8 Å². The van der Waals surface area contributed by atoms with Gasteiger partial charge in [0.2, 0.25) is 0 Å². The molecule has 2 N–H and O–H groups in total. The molecule has 3 aromatic carbocycles. The van der Waals surface area contributed by atoms with E-state index in [1.54, 1.807) is 36.4 Å². The molecule has 0 atom stereocenters. The van der Waals surface area contributed by atoms with Gasteiger partial charge in [-0.1, -0.05) is 65.7 Å². The van der Waals surface area contributed by atoms with Crippen LogP contribution in [0.15, 0.2) is 78.5 Å². The second kappa shape index (κ2) is 10.2. The number of rotatable bonds is 7. The molecular weight excluding hydrogens is 454 g/mol. The number of carbonyl (C=O) groups excluding carboxylic acids is 3. The number of anilines is 1. The van der Waals surface area contributed by atoms with Gasteiger partial charge in [0.15, 0.2) is 6.61 Å². The average molecular weight is 476 g/mol. The molecule has 4 rings (SSSR count). The number of ether oxygens (including phenoxy) is 1. The predicted molar refractivity (Wildman–Crippen MR) is 130 cm³/mol. The zero-order chi connectivity index (χ0) is 24.1. The molecule has 0 aliphatic carbocycles. The van der Waals surface area contributed by atoms with Crippen LogP contribution in [0.25, 0.3) is 6.08 Å². The van der Waals surface area contributed by atoms with Crippen molar-refractivity contribution >= 4 is 41.2 Å². The largest absolute Gasteiger partial charge is 0.482 e. The lowest BCUT2D eigenvalue weighted by atomic mass is 10.1. The molecule has 8 heteroatoms. The van der Waals surface area contributed by atoms with Crippen molar-refractivity contribution in [2.24, 2.45) is 0 Å². The lowest BCUT2D eigenvalue weighted by Gasteiger charge is -2.12. The van der Waals surface area contributed by atoms with Crippen molar-refractivity contribution in [1.29, 1.82) is 0 Å². The summed E-state index contributed by atoms with van der Waals surface area (Å²) in [5.74, 6) is -0.407. The molecule has 1 fully saturated rings. The molecule has 0 saturated carbocycles. The molecule has 1 aliphatic heterocycles. The maximum Gasteiger partial charge on any atom is 0.329 e. The highest BCUT2D eigenvalue weighted by Gasteiger charge is 2.33. The summed E-state index contributed by atoms with van der Waals surface area (Å²) in [6.45, 7) is 1.94. The summed E-state index contributed by atoms with van der Waals surface area (Å²) >= 11 is 6.30. The minimum absolute atomic E-state index is 0.157. The Hall–Kier alpha value is -4.10. The Kier molecular flexibility index (Phi) is 6.94. The molecule has 0 bridgehead atoms. The zero-order valence-electron chi connectivity index (χ0n) is 18.4. The first kappa shape index (κ1) is 23.1. The Bertz CT molecular complexity index is 1260. The topological polar surface area (TPSA) is 87.7 Å². The number of halogens is 1. The van der Waals surface area contributed by atoms with Crippen LogP contribution in [-0.2, 0) is 16.1 Å². The van der Waals surface area contributed by atoms with Crippen molar-refractivity contribution in [3.63, 3.8) is 0 Å². The van der Waals surface area contributed by atoms with Gasteiger partial charge in [-0.25, -0.2) is 4.79 Å². The number of para-hydroxylation sites is 1. The van der Waals surface area contributed by atoms with Gasteiger partial charge in [-0.05, 0) is 48.4 Å². The van der Waals surface area contributed by atoms with E-state index in [1.807, 2.05) is 49.4 Å². The van der Waals surface area contributed by atoms with Gasteiger partial charge < -0.3 is 15.4 Å². The molecule has 0 aromatic heterocycles. The molecule has 1 heterocycles. The van der Waals surface area contributed by atoms with E-state index in [2.05, 4.69) is 10.6 Å². The first-order valence-corrected chi connectivity index (χ1v) is 10.9. The number of hydrogen-bond donors (Lipinski definition) is 2. The molecule has 3 aromatic rings. The van der Waals surface area contributed by atoms with Crippen LogP contribution in [0.2, 0.25) is 5.02 Å². The highest BCUT2D eigenvalue weighted by molar-refractivity contribution is 6.32. The molecular formula is C26H22ClN3O4. The third-order valence-electron chi connectivity index (χ3n) is 5.11. The van der Waals surface area contributed by atoms with Crippen LogP contribution < -0.4 is 15.4 Å². The van der Waals surface area contributed by atoms with Crippen LogP contribution in [0, 0.1) is 6.92 Å². The standard InChI is InChI=1S/C26H22ClN3O4/c1-17-7-9-18(10-8-17)15-30-25(32)22(29-26(30)33)14-19-11-12-23(21(27)13-19)34-16-24(31)28-20-5-3-2-4-6-20/h2-14H,15-16H2,1H3,(H,28,31)(H,29,33)/b22-14+. The van der Waals surface area contributed by atoms with E-state index >= 15 is 0 Å². The van der Waals surface area contributed by atoms with Gasteiger partial charge in [-0.15, -0.1) is 0 Å². The zero-order valence-corrected chi connectivity index (χ0v) is 19.1. The molecule has 172 valence electrons. The fourth-order valence-corrected chi connectivity index (χ4v) is 3.59. The lowest BCUT2D eigenvalue weighted by molar-refractivity contribution is -0.123. The molecule has 0 radical (unpaired) electrons. The second-order valence-electron chi connectivity index (χ2n) is 7.76. The third-order valence-corrected chi connectivity index (χ3v) is 5.40. The summed E-state index contributed by atoms with van der Waals surface area (Å²) in [6.07, 6.45) is 1.55. The van der Waals surface area contributed by atoms with Gasteiger partial charge in [0, 0.05) is 5.69 Å². The first-order chi connectivity index (χ1) is 16.4. The van der Waals surface area contributed by atoms with Crippen molar-refractivity contribution in [2.75, 3.05) is 11.9 Å². The van der Waals surface area contributed by atoms with Crippen LogP contribution >= 0.6 is 11.6 Å². The first-order valence-electron chi connectivity index (χ1n) is 10.6. The van der Waals surface area contributed by atoms with E-state index in [0.29, 0.717) is 17.0 Å². The highest BCUT2D eigenvalue weighted by Crippen LogP contribution is 2.27. The Balaban J connectivity index is 1.38. The van der Waals surface area contributed by atoms with Crippen molar-refractivity contribution in [3.05, 3.63) is 100 Å². The van der Waals surface area contributed by atoms with E-state index in [1.165, 1.54) is 0 Å². The molecule has 0 unspecified atom stereocenters. The summed E-state index contributed by atoms with van der Waals surface area (Å²) < 4.78 is 5.52. The van der Waals surface area contributed by atoms with E-state index < -0.39 is 11.9 Å². The molecule has 34 heavy (non-hydrogen) atoms. The summed E-state index contributed by atoms with van der Waals surface area (Å²) in [4.78, 5) is 38.3. The number of aryl methyl sites for hydroxylation is 1. The molecule has 7 nitrogen and oxygen atoms in total. The van der Waals surface area contributed by atoms with Crippen molar-refractivity contribution in [3.8, 4) is 5.75 Å². The van der Waals surface area contributed by atoms with Crippen LogP contribution in [-0.4, -0.2) is 29.4 Å². The maximum absolute atomic E-state index is 12.7. The minimum Gasteiger partial charge on any atom is -0.482 e. The maximum atomic E-state index is 12.7. The van der Waals surface area contributed by atoms with Gasteiger partial charge >= 0.3 is 6.03 Å². The van der Waals surface area contributed by atoms with E-state index in [9.17, 15) is 14.4 Å². The number of imide groups is 1. The van der Waals surface area contributed by atoms with Crippen molar-refractivity contribution < 1.29 is 19.1 Å². The van der Waals surface area contributed by atoms with Crippen LogP contribution in [0.3, 0.4) is 0 Å². The summed E-state index contributed by atoms with van der Waals surface area (Å²) in [6, 6.07) is 21.1. The minimum atomic E-state index is -0.479. The predicted octanol–water partition coefficient (Wildman–Crippen LogP) is 4.76. The summed E-state index contributed by atoms with van der Waals surface area (Å²) in [7, 11) is 0. The number of hydrogen-bond acceptors (Lipinski definition) is 4. The van der Waals surface area contributed by atoms with Crippen LogP contribution in [0.5, 0.6) is 5.75 Å². The molecule has 1 saturated heterocycles. The number of urea groups is 1. The number of carbonyl (C=O) groups is 3. The van der Waals surface area contributed by atoms with Crippen molar-refractivity contribution in [2.45, 2.75) is 13.5 Å². The lowest BCUT2D eigenvalue weighted by Crippen LogP contribution is -2.30. The SMILES string of the molecule is Cc1ccc(CN2C(=O)N/C(=C/c3ccc(OCC(=O)Nc4ccccc4)c(Cl)c3)C2=O)cc1. The van der Waals surface area contributed by atoms with Crippen LogP contribution in [0.1, 0.15) is 16.7 Å². The van der Waals surface area contributed by atoms with Crippen molar-refractivity contribution in [1.82, 2.24) is 10.2 Å². The summed E-state index contributed by atoms with van der Waals surface area (Å²) in [5.41, 5.74) is 3.39. The second-order valence-corrected chi connectivity index (χ2v) is 8.16. The Morgan fingerprint density at radius 3 is 2.50 bits per heavy atom. The van der Waals surface area contributed by atoms with Gasteiger partial charge in [0.1, 0.15) is 11.4 Å². The number of amides is 4. The van der Waals surface area contributed by atoms with Gasteiger partial charge in [-0.2, -0.15) is 0 Å². The fraction of sp³-hybridized carbons (Fsp3) is 0.115. The quantitative estimate of drug-likeness (QED) is 0.381. The monoisotopic (exact) mass is 475 g/mol. The number of nitrogens with zero attached hydrogens (tertiary/aromatic N) is 1. The number of benzene rings is 3. The van der Waals surface area contributed by atoms with Crippen LogP contribution in [0.4, 0.5) is 10.5 Å². The Labute approximate surface area is 202 Å². The number of nitrogens with one attached hydrogen (secondary N) is 2. The van der Waals surface area contributed by atoms with E-state index in [0.717, 1.165) is 16.0 Å². The van der Waals surface area contributed by atoms with E-state index in [4.69, 9.17) is 16.3 Å². The Morgan fingerprint density at radius 1 is 1.06 bits per heavy atom. The molecule has 1 aliphatic rings. The fourth-order valence-electron chi connectivity index (χ4n) is 3.34. The molecule has 4 amide bonds. The third kappa shape index (κ3) is 5.63. The van der Waals surface area contributed by atoms with Gasteiger partial charge in [0.25, 0.3) is 11.8 Å². The summed E-state index contributed by atoms with van der Waals surface area (Å²) in [5, 5.41) is 5.60. The normalized spacial score (nSPS) is 14.3. The smallest absolute Gasteiger partial charge is 0.329 e. The molecule has 0 spiro atoms. The highest BCUT2D eigenvalue weighted by atomic mass is 35.5.